The molecule has 0 radical (unpaired) electrons. The molecule has 6 nitrogen and oxygen atoms in total. The number of nitrogens with one attached hydrogen (secondary N) is 2. The Morgan fingerprint density at radius 3 is 2.62 bits per heavy atom. The fourth-order valence-electron chi connectivity index (χ4n) is 1.75. The number of benzene rings is 1. The summed E-state index contributed by atoms with van der Waals surface area (Å²) in [5, 5.41) is 5.19. The number of anilines is 1. The summed E-state index contributed by atoms with van der Waals surface area (Å²) in [6.45, 7) is 0.414. The molecule has 1 aliphatic carbocycles. The Morgan fingerprint density at radius 1 is 1.33 bits per heavy atom. The van der Waals surface area contributed by atoms with Gasteiger partial charge in [0.2, 0.25) is 5.91 Å². The van der Waals surface area contributed by atoms with Crippen LogP contribution >= 0.6 is 24.0 Å². The van der Waals surface area contributed by atoms with Gasteiger partial charge < -0.3 is 21.1 Å². The molecule has 0 atom stereocenters. The fraction of sp³-hybridized carbons (Fsp3) is 0.429. The first kappa shape index (κ1) is 20.3. The Labute approximate surface area is 154 Å². The molecule has 2 rings (SSSR count). The minimum atomic E-state index is -4.81. The van der Waals surface area contributed by atoms with Crippen LogP contribution in [0.1, 0.15) is 12.8 Å². The van der Waals surface area contributed by atoms with Gasteiger partial charge in [0.15, 0.2) is 11.7 Å². The maximum absolute atomic E-state index is 12.3. The van der Waals surface area contributed by atoms with Crippen LogP contribution in [0.5, 0.6) is 5.75 Å². The van der Waals surface area contributed by atoms with E-state index >= 15 is 0 Å². The molecule has 4 N–H and O–H groups in total. The van der Waals surface area contributed by atoms with Gasteiger partial charge in [-0.05, 0) is 30.9 Å². The Hall–Kier alpha value is -1.72. The van der Waals surface area contributed by atoms with Crippen molar-refractivity contribution in [3.63, 3.8) is 0 Å². The Kier molecular flexibility index (Phi) is 7.58. The van der Waals surface area contributed by atoms with E-state index in [1.807, 2.05) is 0 Å². The number of nitrogens with zero attached hydrogens (tertiary/aromatic N) is 1. The predicted molar refractivity (Wildman–Crippen MR) is 94.4 cm³/mol. The van der Waals surface area contributed by atoms with Crippen molar-refractivity contribution >= 4 is 41.5 Å². The van der Waals surface area contributed by atoms with Crippen LogP contribution in [0.2, 0.25) is 0 Å². The van der Waals surface area contributed by atoms with Crippen LogP contribution in [0.4, 0.5) is 18.9 Å². The number of amides is 1. The van der Waals surface area contributed by atoms with E-state index in [1.54, 1.807) is 0 Å². The van der Waals surface area contributed by atoms with Crippen molar-refractivity contribution in [1.82, 2.24) is 5.32 Å². The van der Waals surface area contributed by atoms with Crippen molar-refractivity contribution in [3.8, 4) is 5.75 Å². The number of ether oxygens (including phenoxy) is 1. The second-order valence-corrected chi connectivity index (χ2v) is 5.12. The van der Waals surface area contributed by atoms with Gasteiger partial charge in [0.05, 0.1) is 5.69 Å². The van der Waals surface area contributed by atoms with E-state index < -0.39 is 12.1 Å². The van der Waals surface area contributed by atoms with Gasteiger partial charge in [-0.25, -0.2) is 4.99 Å². The van der Waals surface area contributed by atoms with Crippen LogP contribution in [0.3, 0.4) is 0 Å². The maximum Gasteiger partial charge on any atom is 0.573 e. The molecule has 0 aliphatic heterocycles. The highest BCUT2D eigenvalue weighted by atomic mass is 127. The third-order valence-corrected chi connectivity index (χ3v) is 3.05. The fourth-order valence-corrected chi connectivity index (χ4v) is 1.75. The van der Waals surface area contributed by atoms with Crippen LogP contribution in [-0.2, 0) is 4.79 Å². The summed E-state index contributed by atoms with van der Waals surface area (Å²) < 4.78 is 40.8. The van der Waals surface area contributed by atoms with Crippen molar-refractivity contribution in [2.24, 2.45) is 16.6 Å². The number of hydrogen-bond donors (Lipinski definition) is 3. The number of halogens is 4. The lowest BCUT2D eigenvalue weighted by atomic mass is 10.3. The molecule has 1 aromatic carbocycles. The van der Waals surface area contributed by atoms with Gasteiger partial charge in [0.1, 0.15) is 6.54 Å². The van der Waals surface area contributed by atoms with Crippen molar-refractivity contribution in [2.45, 2.75) is 19.2 Å². The number of para-hydroxylation sites is 2. The van der Waals surface area contributed by atoms with Gasteiger partial charge in [0, 0.05) is 6.54 Å². The third kappa shape index (κ3) is 7.70. The van der Waals surface area contributed by atoms with Gasteiger partial charge in [0.25, 0.3) is 0 Å². The first-order chi connectivity index (χ1) is 10.8. The van der Waals surface area contributed by atoms with Crippen LogP contribution in [0.15, 0.2) is 29.3 Å². The molecule has 1 aliphatic rings. The van der Waals surface area contributed by atoms with Crippen molar-refractivity contribution < 1.29 is 22.7 Å². The van der Waals surface area contributed by atoms with Gasteiger partial charge in [-0.15, -0.1) is 37.1 Å². The monoisotopic (exact) mass is 458 g/mol. The van der Waals surface area contributed by atoms with Gasteiger partial charge in [-0.1, -0.05) is 12.1 Å². The number of carbonyl (C=O) groups excluding carboxylic acids is 1. The first-order valence-corrected chi connectivity index (χ1v) is 7.02. The van der Waals surface area contributed by atoms with E-state index in [2.05, 4.69) is 20.4 Å². The molecule has 0 saturated heterocycles. The maximum atomic E-state index is 12.3. The topological polar surface area (TPSA) is 88.7 Å². The molecule has 0 unspecified atom stereocenters. The van der Waals surface area contributed by atoms with E-state index in [4.69, 9.17) is 5.73 Å². The molecule has 0 aromatic heterocycles. The first-order valence-electron chi connectivity index (χ1n) is 7.02. The minimum absolute atomic E-state index is 0. The average molecular weight is 458 g/mol. The normalized spacial score (nSPS) is 14.5. The number of alkyl halides is 3. The SMILES string of the molecule is I.NC(=NCC(=O)NCC1CC1)Nc1ccccc1OC(F)(F)F. The van der Waals surface area contributed by atoms with E-state index in [0.717, 1.165) is 18.9 Å². The number of hydrogen-bond acceptors (Lipinski definition) is 3. The largest absolute Gasteiger partial charge is 0.573 e. The van der Waals surface area contributed by atoms with Crippen molar-refractivity contribution in [2.75, 3.05) is 18.4 Å². The standard InChI is InChI=1S/C14H17F3N4O2.HI/c15-14(16,17)23-11-4-2-1-3-10(11)21-13(18)20-8-12(22)19-7-9-5-6-9;/h1-4,9H,5-8H2,(H,19,22)(H3,18,20,21);1H. The molecule has 1 aromatic rings. The van der Waals surface area contributed by atoms with E-state index in [1.165, 1.54) is 18.2 Å². The summed E-state index contributed by atoms with van der Waals surface area (Å²) in [6, 6.07) is 5.41. The number of guanidine groups is 1. The third-order valence-electron chi connectivity index (χ3n) is 3.05. The summed E-state index contributed by atoms with van der Waals surface area (Å²) in [5.74, 6) is -0.354. The highest BCUT2D eigenvalue weighted by Crippen LogP contribution is 2.29. The second-order valence-electron chi connectivity index (χ2n) is 5.12. The zero-order chi connectivity index (χ0) is 16.9. The van der Waals surface area contributed by atoms with Crippen molar-refractivity contribution in [3.05, 3.63) is 24.3 Å². The lowest BCUT2D eigenvalue weighted by Gasteiger charge is -2.14. The Balaban J connectivity index is 0.00000288. The molecule has 0 spiro atoms. The summed E-state index contributed by atoms with van der Waals surface area (Å²) in [4.78, 5) is 15.3. The zero-order valence-electron chi connectivity index (χ0n) is 12.6. The Morgan fingerprint density at radius 2 is 2.00 bits per heavy atom. The molecular formula is C14H18F3IN4O2. The highest BCUT2D eigenvalue weighted by Gasteiger charge is 2.32. The van der Waals surface area contributed by atoms with Crippen LogP contribution in [0, 0.1) is 5.92 Å². The molecule has 1 fully saturated rings. The van der Waals surface area contributed by atoms with Crippen LogP contribution in [0.25, 0.3) is 0 Å². The smallest absolute Gasteiger partial charge is 0.404 e. The van der Waals surface area contributed by atoms with Crippen molar-refractivity contribution in [1.29, 1.82) is 0 Å². The number of rotatable bonds is 6. The highest BCUT2D eigenvalue weighted by molar-refractivity contribution is 14.0. The van der Waals surface area contributed by atoms with E-state index in [-0.39, 0.29) is 48.1 Å². The number of carbonyl (C=O) groups is 1. The second kappa shape index (κ2) is 8.94. The molecule has 134 valence electrons. The minimum Gasteiger partial charge on any atom is -0.404 e. The van der Waals surface area contributed by atoms with E-state index in [0.29, 0.717) is 12.5 Å². The van der Waals surface area contributed by atoms with Gasteiger partial charge >= 0.3 is 6.36 Å². The average Bonchev–Trinajstić information content (AvgIpc) is 3.28. The van der Waals surface area contributed by atoms with Gasteiger partial charge in [-0.2, -0.15) is 0 Å². The van der Waals surface area contributed by atoms with Crippen LogP contribution < -0.4 is 21.1 Å². The summed E-state index contributed by atoms with van der Waals surface area (Å²) in [6.07, 6.45) is -2.58. The lowest BCUT2D eigenvalue weighted by Crippen LogP contribution is -2.30. The summed E-state index contributed by atoms with van der Waals surface area (Å²) >= 11 is 0. The zero-order valence-corrected chi connectivity index (χ0v) is 14.9. The molecule has 1 amide bonds. The number of nitrogens with two attached hydrogens (primary N) is 1. The van der Waals surface area contributed by atoms with E-state index in [9.17, 15) is 18.0 Å². The number of aliphatic imine (C=N–C) groups is 1. The predicted octanol–water partition coefficient (Wildman–Crippen LogP) is 2.46. The molecular weight excluding hydrogens is 440 g/mol. The molecule has 0 heterocycles. The Bertz CT molecular complexity index is 592. The van der Waals surface area contributed by atoms with Gasteiger partial charge in [-0.3, -0.25) is 4.79 Å². The molecule has 10 heteroatoms. The quantitative estimate of drug-likeness (QED) is 0.347. The molecule has 24 heavy (non-hydrogen) atoms. The molecule has 0 bridgehead atoms. The lowest BCUT2D eigenvalue weighted by molar-refractivity contribution is -0.274. The molecule has 1 saturated carbocycles. The summed E-state index contributed by atoms with van der Waals surface area (Å²) in [7, 11) is 0. The van der Waals surface area contributed by atoms with Crippen LogP contribution in [-0.4, -0.2) is 31.3 Å². The summed E-state index contributed by atoms with van der Waals surface area (Å²) in [5.41, 5.74) is 5.58.